The lowest BCUT2D eigenvalue weighted by Gasteiger charge is -2.02. The van der Waals surface area contributed by atoms with E-state index in [0.29, 0.717) is 6.61 Å². The topological polar surface area (TPSA) is 26.5 Å². The van der Waals surface area contributed by atoms with Gasteiger partial charge in [0.1, 0.15) is 5.75 Å². The van der Waals surface area contributed by atoms with Gasteiger partial charge < -0.3 is 9.30 Å². The summed E-state index contributed by atoms with van der Waals surface area (Å²) in [7, 11) is 0. The van der Waals surface area contributed by atoms with E-state index in [1.807, 2.05) is 37.3 Å². The maximum atomic E-state index is 5.48. The minimum atomic E-state index is 0.664. The van der Waals surface area contributed by atoms with Gasteiger partial charge in [-0.15, -0.1) is 6.58 Å². The Bertz CT molecular complexity index is 908. The smallest absolute Gasteiger partial charge is 0.190 e. The highest BCUT2D eigenvalue weighted by molar-refractivity contribution is 9.10. The molecule has 0 atom stereocenters. The van der Waals surface area contributed by atoms with Crippen molar-refractivity contribution in [2.75, 3.05) is 6.61 Å². The molecular weight excluding hydrogens is 396 g/mol. The molecule has 3 rings (SSSR count). The van der Waals surface area contributed by atoms with E-state index in [1.54, 1.807) is 11.3 Å². The second-order valence-corrected chi connectivity index (χ2v) is 7.29. The molecule has 0 spiro atoms. The minimum absolute atomic E-state index is 0.664. The second-order valence-electron chi connectivity index (χ2n) is 5.36. The first-order chi connectivity index (χ1) is 12.2. The second kappa shape index (κ2) is 8.32. The van der Waals surface area contributed by atoms with Gasteiger partial charge in [-0.3, -0.25) is 0 Å². The van der Waals surface area contributed by atoms with Crippen LogP contribution in [-0.4, -0.2) is 11.2 Å². The van der Waals surface area contributed by atoms with Gasteiger partial charge in [-0.1, -0.05) is 45.5 Å². The minimum Gasteiger partial charge on any atom is -0.494 e. The maximum absolute atomic E-state index is 5.48. The molecule has 0 bridgehead atoms. The van der Waals surface area contributed by atoms with Gasteiger partial charge in [0, 0.05) is 17.2 Å². The molecule has 0 amide bonds. The first-order valence-electron chi connectivity index (χ1n) is 8.04. The summed E-state index contributed by atoms with van der Waals surface area (Å²) in [5, 5.41) is 0. The van der Waals surface area contributed by atoms with Crippen molar-refractivity contribution in [1.82, 2.24) is 4.57 Å². The van der Waals surface area contributed by atoms with E-state index in [1.165, 1.54) is 10.4 Å². The number of benzene rings is 2. The number of nitrogens with zero attached hydrogens (tertiary/aromatic N) is 2. The third kappa shape index (κ3) is 4.50. The number of rotatable bonds is 6. The quantitative estimate of drug-likeness (QED) is 0.468. The van der Waals surface area contributed by atoms with Crippen molar-refractivity contribution < 1.29 is 4.74 Å². The largest absolute Gasteiger partial charge is 0.494 e. The van der Waals surface area contributed by atoms with Crippen LogP contribution in [0.2, 0.25) is 0 Å². The van der Waals surface area contributed by atoms with Gasteiger partial charge in [-0.05, 0) is 48.9 Å². The molecule has 0 aliphatic heterocycles. The Morgan fingerprint density at radius 1 is 1.16 bits per heavy atom. The van der Waals surface area contributed by atoms with Crippen molar-refractivity contribution >= 4 is 33.0 Å². The molecule has 0 radical (unpaired) electrons. The monoisotopic (exact) mass is 414 g/mol. The molecule has 25 heavy (non-hydrogen) atoms. The summed E-state index contributed by atoms with van der Waals surface area (Å²) in [4.78, 5) is 6.92. The molecule has 128 valence electrons. The average Bonchev–Trinajstić information content (AvgIpc) is 3.00. The number of aromatic nitrogens is 1. The Hall–Kier alpha value is -2.11. The first kappa shape index (κ1) is 17.7. The zero-order chi connectivity index (χ0) is 17.6. The van der Waals surface area contributed by atoms with Crippen molar-refractivity contribution in [3.8, 4) is 16.2 Å². The molecule has 2 aromatic carbocycles. The number of hydrogen-bond acceptors (Lipinski definition) is 3. The Balaban J connectivity index is 1.98. The summed E-state index contributed by atoms with van der Waals surface area (Å²) in [6.07, 6.45) is 4.01. The fraction of sp³-hybridized carbons (Fsp3) is 0.150. The molecule has 0 aliphatic rings. The molecule has 1 aromatic heterocycles. The molecule has 0 saturated carbocycles. The van der Waals surface area contributed by atoms with Crippen molar-refractivity contribution in [1.29, 1.82) is 0 Å². The molecule has 1 heterocycles. The van der Waals surface area contributed by atoms with Gasteiger partial charge in [0.2, 0.25) is 0 Å². The lowest BCUT2D eigenvalue weighted by Crippen LogP contribution is -2.12. The third-order valence-electron chi connectivity index (χ3n) is 3.55. The number of allylic oxidation sites excluding steroid dienone is 1. The van der Waals surface area contributed by atoms with Gasteiger partial charge in [0.05, 0.1) is 17.2 Å². The zero-order valence-corrected chi connectivity index (χ0v) is 16.4. The highest BCUT2D eigenvalue weighted by atomic mass is 79.9. The SMILES string of the molecule is C=CCn1cc(-c2ccc(Br)cc2)sc1=Nc1ccc(OCC)cc1. The third-order valence-corrected chi connectivity index (χ3v) is 5.15. The van der Waals surface area contributed by atoms with Crippen LogP contribution in [0.5, 0.6) is 5.75 Å². The summed E-state index contributed by atoms with van der Waals surface area (Å²) < 4.78 is 8.68. The average molecular weight is 415 g/mol. The van der Waals surface area contributed by atoms with Gasteiger partial charge in [-0.25, -0.2) is 4.99 Å². The van der Waals surface area contributed by atoms with E-state index in [2.05, 4.69) is 57.5 Å². The predicted octanol–water partition coefficient (Wildman–Crippen LogP) is 5.80. The van der Waals surface area contributed by atoms with Crippen LogP contribution in [0.15, 0.2) is 76.8 Å². The van der Waals surface area contributed by atoms with Crippen molar-refractivity contribution in [2.45, 2.75) is 13.5 Å². The van der Waals surface area contributed by atoms with Gasteiger partial charge in [-0.2, -0.15) is 0 Å². The van der Waals surface area contributed by atoms with Crippen molar-refractivity contribution in [3.63, 3.8) is 0 Å². The summed E-state index contributed by atoms with van der Waals surface area (Å²) >= 11 is 5.15. The van der Waals surface area contributed by atoms with E-state index in [9.17, 15) is 0 Å². The van der Waals surface area contributed by atoms with Crippen LogP contribution < -0.4 is 9.54 Å². The van der Waals surface area contributed by atoms with E-state index >= 15 is 0 Å². The van der Waals surface area contributed by atoms with Crippen LogP contribution in [0.3, 0.4) is 0 Å². The molecule has 0 N–H and O–H groups in total. The summed E-state index contributed by atoms with van der Waals surface area (Å²) in [5.41, 5.74) is 2.09. The Morgan fingerprint density at radius 2 is 1.88 bits per heavy atom. The molecular formula is C20H19BrN2OS. The molecule has 5 heteroatoms. The Morgan fingerprint density at radius 3 is 2.52 bits per heavy atom. The predicted molar refractivity (Wildman–Crippen MR) is 108 cm³/mol. The summed E-state index contributed by atoms with van der Waals surface area (Å²) in [5.74, 6) is 0.863. The first-order valence-corrected chi connectivity index (χ1v) is 9.65. The van der Waals surface area contributed by atoms with Crippen molar-refractivity contribution in [3.05, 3.63) is 76.7 Å². The Kier molecular flexibility index (Phi) is 5.89. The van der Waals surface area contributed by atoms with E-state index in [4.69, 9.17) is 9.73 Å². The number of ether oxygens (including phenoxy) is 1. The van der Waals surface area contributed by atoms with E-state index < -0.39 is 0 Å². The lowest BCUT2D eigenvalue weighted by molar-refractivity contribution is 0.340. The van der Waals surface area contributed by atoms with Gasteiger partial charge in [0.15, 0.2) is 4.80 Å². The molecule has 0 aliphatic carbocycles. The van der Waals surface area contributed by atoms with E-state index in [-0.39, 0.29) is 0 Å². The standard InChI is InChI=1S/C20H19BrN2OS/c1-3-13-23-14-19(15-5-7-16(21)8-6-15)25-20(23)22-17-9-11-18(12-10-17)24-4-2/h3,5-12,14H,1,4,13H2,2H3. The number of halogens is 1. The van der Waals surface area contributed by atoms with Gasteiger partial charge in [0.25, 0.3) is 0 Å². The highest BCUT2D eigenvalue weighted by Crippen LogP contribution is 2.25. The summed E-state index contributed by atoms with van der Waals surface area (Å²) in [6, 6.07) is 16.2. The fourth-order valence-electron chi connectivity index (χ4n) is 2.38. The number of thiazole rings is 1. The van der Waals surface area contributed by atoms with Crippen LogP contribution >= 0.6 is 27.3 Å². The van der Waals surface area contributed by atoms with Crippen LogP contribution in [0.25, 0.3) is 10.4 Å². The Labute approximate surface area is 160 Å². The van der Waals surface area contributed by atoms with Gasteiger partial charge >= 0.3 is 0 Å². The lowest BCUT2D eigenvalue weighted by atomic mass is 10.2. The van der Waals surface area contributed by atoms with Crippen LogP contribution in [0, 0.1) is 0 Å². The molecule has 0 saturated heterocycles. The molecule has 3 nitrogen and oxygen atoms in total. The maximum Gasteiger partial charge on any atom is 0.190 e. The zero-order valence-electron chi connectivity index (χ0n) is 14.0. The summed E-state index contributed by atoms with van der Waals surface area (Å²) in [6.45, 7) is 7.22. The molecule has 0 fully saturated rings. The van der Waals surface area contributed by atoms with Crippen molar-refractivity contribution in [2.24, 2.45) is 4.99 Å². The van der Waals surface area contributed by atoms with Crippen LogP contribution in [0.4, 0.5) is 5.69 Å². The highest BCUT2D eigenvalue weighted by Gasteiger charge is 2.05. The number of hydrogen-bond donors (Lipinski definition) is 0. The molecule has 3 aromatic rings. The fourth-order valence-corrected chi connectivity index (χ4v) is 3.67. The van der Waals surface area contributed by atoms with E-state index in [0.717, 1.165) is 27.3 Å². The molecule has 0 unspecified atom stereocenters. The van der Waals surface area contributed by atoms with Crippen LogP contribution in [-0.2, 0) is 6.54 Å². The normalized spacial score (nSPS) is 11.5. The van der Waals surface area contributed by atoms with Crippen LogP contribution in [0.1, 0.15) is 6.92 Å².